The molecule has 2 heterocycles. The number of fused-ring (bicyclic) bond motifs is 1. The SMILES string of the molecule is c1cc2c(c(-n3cccn3)c1)CCNC2. The van der Waals surface area contributed by atoms with Gasteiger partial charge in [-0.15, -0.1) is 0 Å². The molecule has 1 aliphatic rings. The topological polar surface area (TPSA) is 29.9 Å². The first-order chi connectivity index (χ1) is 7.45. The van der Waals surface area contributed by atoms with Gasteiger partial charge in [0.2, 0.25) is 0 Å². The standard InChI is InChI=1S/C12H13N3/c1-3-10-9-13-7-5-11(10)12(4-1)15-8-2-6-14-15/h1-4,6,8,13H,5,7,9H2. The van der Waals surface area contributed by atoms with E-state index in [1.807, 2.05) is 23.1 Å². The molecule has 0 unspecified atom stereocenters. The van der Waals surface area contributed by atoms with Crippen LogP contribution in [0.15, 0.2) is 36.7 Å². The fourth-order valence-corrected chi connectivity index (χ4v) is 2.14. The maximum absolute atomic E-state index is 4.29. The van der Waals surface area contributed by atoms with E-state index in [4.69, 9.17) is 0 Å². The molecule has 3 heteroatoms. The third kappa shape index (κ3) is 1.45. The summed E-state index contributed by atoms with van der Waals surface area (Å²) in [6, 6.07) is 8.38. The van der Waals surface area contributed by atoms with Crippen molar-refractivity contribution in [3.8, 4) is 5.69 Å². The van der Waals surface area contributed by atoms with Crippen LogP contribution in [0.25, 0.3) is 5.69 Å². The summed E-state index contributed by atoms with van der Waals surface area (Å²) in [5, 5.41) is 7.67. The Morgan fingerprint density at radius 1 is 1.27 bits per heavy atom. The number of aromatic nitrogens is 2. The third-order valence-electron chi connectivity index (χ3n) is 2.87. The van der Waals surface area contributed by atoms with Crippen molar-refractivity contribution in [1.29, 1.82) is 0 Å². The molecule has 1 aromatic carbocycles. The number of benzene rings is 1. The van der Waals surface area contributed by atoms with Gasteiger partial charge in [-0.05, 0) is 36.2 Å². The fraction of sp³-hybridized carbons (Fsp3) is 0.250. The number of nitrogens with zero attached hydrogens (tertiary/aromatic N) is 2. The van der Waals surface area contributed by atoms with Crippen molar-refractivity contribution in [2.75, 3.05) is 6.54 Å². The average Bonchev–Trinajstić information content (AvgIpc) is 2.82. The van der Waals surface area contributed by atoms with Gasteiger partial charge in [0.1, 0.15) is 0 Å². The summed E-state index contributed by atoms with van der Waals surface area (Å²) in [4.78, 5) is 0. The summed E-state index contributed by atoms with van der Waals surface area (Å²) < 4.78 is 1.95. The van der Waals surface area contributed by atoms with E-state index in [2.05, 4.69) is 28.6 Å². The van der Waals surface area contributed by atoms with E-state index < -0.39 is 0 Å². The molecule has 0 saturated heterocycles. The molecular weight excluding hydrogens is 186 g/mol. The smallest absolute Gasteiger partial charge is 0.0681 e. The zero-order chi connectivity index (χ0) is 10.1. The monoisotopic (exact) mass is 199 g/mol. The summed E-state index contributed by atoms with van der Waals surface area (Å²) in [5.41, 5.74) is 4.05. The summed E-state index contributed by atoms with van der Waals surface area (Å²) in [7, 11) is 0. The molecule has 15 heavy (non-hydrogen) atoms. The van der Waals surface area contributed by atoms with Gasteiger partial charge < -0.3 is 5.32 Å². The Morgan fingerprint density at radius 3 is 3.13 bits per heavy atom. The Bertz CT molecular complexity index is 460. The van der Waals surface area contributed by atoms with Gasteiger partial charge in [-0.1, -0.05) is 12.1 Å². The van der Waals surface area contributed by atoms with Crippen molar-refractivity contribution in [2.45, 2.75) is 13.0 Å². The lowest BCUT2D eigenvalue weighted by Gasteiger charge is -2.20. The Balaban J connectivity index is 2.15. The minimum atomic E-state index is 0.977. The van der Waals surface area contributed by atoms with Gasteiger partial charge in [-0.2, -0.15) is 5.10 Å². The highest BCUT2D eigenvalue weighted by Gasteiger charge is 2.13. The third-order valence-corrected chi connectivity index (χ3v) is 2.87. The van der Waals surface area contributed by atoms with Crippen molar-refractivity contribution in [3.05, 3.63) is 47.8 Å². The Morgan fingerprint density at radius 2 is 2.27 bits per heavy atom. The normalized spacial score (nSPS) is 14.9. The molecule has 0 bridgehead atoms. The molecule has 0 amide bonds. The van der Waals surface area contributed by atoms with Crippen LogP contribution in [0.1, 0.15) is 11.1 Å². The molecule has 0 saturated carbocycles. The lowest BCUT2D eigenvalue weighted by molar-refractivity contribution is 0.638. The quantitative estimate of drug-likeness (QED) is 0.754. The van der Waals surface area contributed by atoms with E-state index in [0.717, 1.165) is 19.5 Å². The molecule has 1 aliphatic heterocycles. The van der Waals surface area contributed by atoms with Crippen LogP contribution in [0, 0.1) is 0 Å². The van der Waals surface area contributed by atoms with Gasteiger partial charge in [0.15, 0.2) is 0 Å². The highest BCUT2D eigenvalue weighted by Crippen LogP contribution is 2.21. The lowest BCUT2D eigenvalue weighted by Crippen LogP contribution is -2.24. The second-order valence-corrected chi connectivity index (χ2v) is 3.79. The van der Waals surface area contributed by atoms with E-state index in [1.165, 1.54) is 16.8 Å². The zero-order valence-corrected chi connectivity index (χ0v) is 8.48. The van der Waals surface area contributed by atoms with Crippen molar-refractivity contribution in [2.24, 2.45) is 0 Å². The molecular formula is C12H13N3. The number of nitrogens with one attached hydrogen (secondary N) is 1. The highest BCUT2D eigenvalue weighted by atomic mass is 15.3. The predicted molar refractivity (Wildman–Crippen MR) is 59.0 cm³/mol. The molecule has 0 atom stereocenters. The molecule has 0 radical (unpaired) electrons. The van der Waals surface area contributed by atoms with Gasteiger partial charge in [0, 0.05) is 18.9 Å². The fourth-order valence-electron chi connectivity index (χ4n) is 2.14. The Kier molecular flexibility index (Phi) is 2.03. The van der Waals surface area contributed by atoms with Crippen LogP contribution >= 0.6 is 0 Å². The van der Waals surface area contributed by atoms with Gasteiger partial charge in [0.25, 0.3) is 0 Å². The minimum Gasteiger partial charge on any atom is -0.312 e. The van der Waals surface area contributed by atoms with E-state index in [-0.39, 0.29) is 0 Å². The maximum atomic E-state index is 4.29. The minimum absolute atomic E-state index is 0.977. The van der Waals surface area contributed by atoms with E-state index >= 15 is 0 Å². The maximum Gasteiger partial charge on any atom is 0.0681 e. The Labute approximate surface area is 88.7 Å². The summed E-state index contributed by atoms with van der Waals surface area (Å²) in [5.74, 6) is 0. The van der Waals surface area contributed by atoms with Crippen LogP contribution in [0.3, 0.4) is 0 Å². The number of hydrogen-bond donors (Lipinski definition) is 1. The first kappa shape index (κ1) is 8.68. The molecule has 1 N–H and O–H groups in total. The number of hydrogen-bond acceptors (Lipinski definition) is 2. The van der Waals surface area contributed by atoms with Gasteiger partial charge in [-0.3, -0.25) is 0 Å². The first-order valence-electron chi connectivity index (χ1n) is 5.26. The molecule has 76 valence electrons. The molecule has 3 nitrogen and oxygen atoms in total. The van der Waals surface area contributed by atoms with Crippen LogP contribution in [0.4, 0.5) is 0 Å². The molecule has 3 rings (SSSR count). The van der Waals surface area contributed by atoms with Gasteiger partial charge in [0.05, 0.1) is 5.69 Å². The predicted octanol–water partition coefficient (Wildman–Crippen LogP) is 1.52. The molecule has 0 aliphatic carbocycles. The summed E-state index contributed by atoms with van der Waals surface area (Å²) in [6.07, 6.45) is 4.91. The van der Waals surface area contributed by atoms with Crippen molar-refractivity contribution >= 4 is 0 Å². The van der Waals surface area contributed by atoms with E-state index in [9.17, 15) is 0 Å². The molecule has 1 aromatic heterocycles. The van der Waals surface area contributed by atoms with Crippen molar-refractivity contribution < 1.29 is 0 Å². The average molecular weight is 199 g/mol. The van der Waals surface area contributed by atoms with Crippen molar-refractivity contribution in [3.63, 3.8) is 0 Å². The first-order valence-corrected chi connectivity index (χ1v) is 5.26. The van der Waals surface area contributed by atoms with E-state index in [0.29, 0.717) is 0 Å². The van der Waals surface area contributed by atoms with Gasteiger partial charge in [-0.25, -0.2) is 4.68 Å². The largest absolute Gasteiger partial charge is 0.312 e. The van der Waals surface area contributed by atoms with Crippen LogP contribution in [-0.2, 0) is 13.0 Å². The molecule has 0 fully saturated rings. The lowest BCUT2D eigenvalue weighted by atomic mass is 9.99. The highest BCUT2D eigenvalue weighted by molar-refractivity contribution is 5.46. The molecule has 2 aromatic rings. The molecule has 0 spiro atoms. The van der Waals surface area contributed by atoms with Gasteiger partial charge >= 0.3 is 0 Å². The second-order valence-electron chi connectivity index (χ2n) is 3.79. The van der Waals surface area contributed by atoms with Crippen LogP contribution in [0.2, 0.25) is 0 Å². The zero-order valence-electron chi connectivity index (χ0n) is 8.48. The van der Waals surface area contributed by atoms with E-state index in [1.54, 1.807) is 0 Å². The summed E-state index contributed by atoms with van der Waals surface area (Å²) >= 11 is 0. The van der Waals surface area contributed by atoms with Crippen LogP contribution < -0.4 is 5.32 Å². The summed E-state index contributed by atoms with van der Waals surface area (Å²) in [6.45, 7) is 2.04. The van der Waals surface area contributed by atoms with Crippen LogP contribution in [-0.4, -0.2) is 16.3 Å². The van der Waals surface area contributed by atoms with Crippen LogP contribution in [0.5, 0.6) is 0 Å². The number of rotatable bonds is 1. The van der Waals surface area contributed by atoms with Crippen molar-refractivity contribution in [1.82, 2.24) is 15.1 Å². The second kappa shape index (κ2) is 3.51. The Hall–Kier alpha value is -1.61.